The molecule has 0 bridgehead atoms. The normalized spacial score (nSPS) is 39.6. The molecule has 1 fully saturated rings. The number of nitrogens with one attached hydrogen (secondary N) is 1. The van der Waals surface area contributed by atoms with Gasteiger partial charge in [0.05, 0.1) is 6.10 Å². The maximum Gasteiger partial charge on any atom is 0.0719 e. The summed E-state index contributed by atoms with van der Waals surface area (Å²) < 4.78 is 0. The van der Waals surface area contributed by atoms with Gasteiger partial charge in [0.15, 0.2) is 0 Å². The average Bonchev–Trinajstić information content (AvgIpc) is 1.81. The van der Waals surface area contributed by atoms with Gasteiger partial charge in [-0.05, 0) is 32.7 Å². The summed E-state index contributed by atoms with van der Waals surface area (Å²) in [5, 5.41) is 12.9. The van der Waals surface area contributed by atoms with Gasteiger partial charge in [0.25, 0.3) is 0 Å². The van der Waals surface area contributed by atoms with E-state index < -0.39 is 0 Å². The van der Waals surface area contributed by atoms with Crippen LogP contribution in [0.3, 0.4) is 0 Å². The van der Waals surface area contributed by atoms with E-state index in [4.69, 9.17) is 0 Å². The molecule has 10 heavy (non-hydrogen) atoms. The van der Waals surface area contributed by atoms with Gasteiger partial charge in [-0.1, -0.05) is 6.92 Å². The molecule has 2 N–H and O–H groups in total. The Hall–Kier alpha value is -0.0800. The number of piperidine rings is 1. The van der Waals surface area contributed by atoms with Crippen molar-refractivity contribution in [2.45, 2.75) is 38.8 Å². The molecule has 2 atom stereocenters. The molecule has 0 unspecified atom stereocenters. The highest BCUT2D eigenvalue weighted by atomic mass is 16.3. The number of hydrogen-bond donors (Lipinski definition) is 2. The van der Waals surface area contributed by atoms with E-state index in [2.05, 4.69) is 12.2 Å². The van der Waals surface area contributed by atoms with Gasteiger partial charge in [0.1, 0.15) is 0 Å². The Labute approximate surface area is 62.6 Å². The third kappa shape index (κ3) is 1.50. The highest BCUT2D eigenvalue weighted by Crippen LogP contribution is 2.21. The molecule has 0 spiro atoms. The van der Waals surface area contributed by atoms with Crippen molar-refractivity contribution in [3.05, 3.63) is 0 Å². The fourth-order valence-electron chi connectivity index (χ4n) is 1.31. The fraction of sp³-hybridized carbons (Fsp3) is 1.00. The topological polar surface area (TPSA) is 32.3 Å². The molecule has 1 saturated heterocycles. The Bertz CT molecular complexity index is 122. The second-order valence-electron chi connectivity index (χ2n) is 3.96. The molecule has 1 aliphatic rings. The second kappa shape index (κ2) is 2.51. The predicted molar refractivity (Wildman–Crippen MR) is 41.9 cm³/mol. The molecule has 2 nitrogen and oxygen atoms in total. The van der Waals surface area contributed by atoms with Crippen LogP contribution in [0.25, 0.3) is 0 Å². The van der Waals surface area contributed by atoms with Crippen LogP contribution in [-0.2, 0) is 0 Å². The van der Waals surface area contributed by atoms with Crippen LogP contribution in [0.4, 0.5) is 0 Å². The highest BCUT2D eigenvalue weighted by molar-refractivity contribution is 4.91. The largest absolute Gasteiger partial charge is 0.391 e. The monoisotopic (exact) mass is 143 g/mol. The van der Waals surface area contributed by atoms with Crippen molar-refractivity contribution in [3.63, 3.8) is 0 Å². The Morgan fingerprint density at radius 3 is 2.50 bits per heavy atom. The van der Waals surface area contributed by atoms with Crippen molar-refractivity contribution < 1.29 is 5.11 Å². The predicted octanol–water partition coefficient (Wildman–Crippen LogP) is 0.755. The third-order valence-corrected chi connectivity index (χ3v) is 2.36. The van der Waals surface area contributed by atoms with E-state index >= 15 is 0 Å². The minimum Gasteiger partial charge on any atom is -0.391 e. The Kier molecular flexibility index (Phi) is 2.02. The third-order valence-electron chi connectivity index (χ3n) is 2.36. The summed E-state index contributed by atoms with van der Waals surface area (Å²) in [6.07, 6.45) is 0.747. The SMILES string of the molecule is C[C@@H]1CNC(C)(C)[C@@H](O)C1. The van der Waals surface area contributed by atoms with Gasteiger partial charge in [0, 0.05) is 5.54 Å². The lowest BCUT2D eigenvalue weighted by Gasteiger charge is -2.39. The van der Waals surface area contributed by atoms with Gasteiger partial charge < -0.3 is 10.4 Å². The molecule has 1 rings (SSSR count). The van der Waals surface area contributed by atoms with Crippen LogP contribution in [0.5, 0.6) is 0 Å². The van der Waals surface area contributed by atoms with Crippen LogP contribution in [0, 0.1) is 5.92 Å². The summed E-state index contributed by atoms with van der Waals surface area (Å²) in [4.78, 5) is 0. The van der Waals surface area contributed by atoms with Crippen LogP contribution < -0.4 is 5.32 Å². The fourth-order valence-corrected chi connectivity index (χ4v) is 1.31. The first-order valence-electron chi connectivity index (χ1n) is 3.95. The molecule has 2 heteroatoms. The highest BCUT2D eigenvalue weighted by Gasteiger charge is 2.32. The van der Waals surface area contributed by atoms with Crippen LogP contribution in [0.15, 0.2) is 0 Å². The summed E-state index contributed by atoms with van der Waals surface area (Å²) >= 11 is 0. The van der Waals surface area contributed by atoms with Crippen LogP contribution in [0.1, 0.15) is 27.2 Å². The number of aliphatic hydroxyl groups excluding tert-OH is 1. The van der Waals surface area contributed by atoms with Crippen LogP contribution >= 0.6 is 0 Å². The van der Waals surface area contributed by atoms with E-state index in [0.717, 1.165) is 13.0 Å². The van der Waals surface area contributed by atoms with Crippen molar-refractivity contribution in [3.8, 4) is 0 Å². The average molecular weight is 143 g/mol. The molecule has 1 heterocycles. The summed E-state index contributed by atoms with van der Waals surface area (Å²) in [7, 11) is 0. The van der Waals surface area contributed by atoms with Crippen molar-refractivity contribution in [1.29, 1.82) is 0 Å². The van der Waals surface area contributed by atoms with Gasteiger partial charge in [-0.25, -0.2) is 0 Å². The molecular formula is C8H17NO. The first-order valence-corrected chi connectivity index (χ1v) is 3.95. The van der Waals surface area contributed by atoms with E-state index in [0.29, 0.717) is 5.92 Å². The maximum atomic E-state index is 9.54. The number of rotatable bonds is 0. The van der Waals surface area contributed by atoms with Gasteiger partial charge in [-0.2, -0.15) is 0 Å². The minimum absolute atomic E-state index is 0.0769. The molecule has 0 saturated carbocycles. The molecule has 0 aliphatic carbocycles. The van der Waals surface area contributed by atoms with Crippen molar-refractivity contribution in [2.24, 2.45) is 5.92 Å². The molecule has 0 aromatic heterocycles. The molecule has 0 amide bonds. The van der Waals surface area contributed by atoms with Crippen molar-refractivity contribution >= 4 is 0 Å². The zero-order valence-corrected chi connectivity index (χ0v) is 7.02. The number of hydrogen-bond acceptors (Lipinski definition) is 2. The molecule has 0 radical (unpaired) electrons. The van der Waals surface area contributed by atoms with E-state index in [9.17, 15) is 5.11 Å². The van der Waals surface area contributed by atoms with Gasteiger partial charge in [-0.15, -0.1) is 0 Å². The molecule has 0 aromatic carbocycles. The summed E-state index contributed by atoms with van der Waals surface area (Å²) in [6.45, 7) is 7.28. The zero-order valence-electron chi connectivity index (χ0n) is 7.02. The molecule has 0 aromatic rings. The van der Waals surface area contributed by atoms with Gasteiger partial charge >= 0.3 is 0 Å². The quantitative estimate of drug-likeness (QED) is 0.524. The van der Waals surface area contributed by atoms with Crippen molar-refractivity contribution in [1.82, 2.24) is 5.32 Å². The lowest BCUT2D eigenvalue weighted by molar-refractivity contribution is 0.0319. The van der Waals surface area contributed by atoms with E-state index in [1.165, 1.54) is 0 Å². The molecule has 60 valence electrons. The Morgan fingerprint density at radius 2 is 2.10 bits per heavy atom. The number of aliphatic hydroxyl groups is 1. The minimum atomic E-state index is -0.184. The zero-order chi connectivity index (χ0) is 7.78. The smallest absolute Gasteiger partial charge is 0.0719 e. The van der Waals surface area contributed by atoms with E-state index in [1.807, 2.05) is 13.8 Å². The first-order chi connectivity index (χ1) is 4.52. The van der Waals surface area contributed by atoms with Gasteiger partial charge in [0.2, 0.25) is 0 Å². The lowest BCUT2D eigenvalue weighted by atomic mass is 9.85. The Morgan fingerprint density at radius 1 is 1.50 bits per heavy atom. The first kappa shape index (κ1) is 8.02. The second-order valence-corrected chi connectivity index (χ2v) is 3.96. The standard InChI is InChI=1S/C8H17NO/c1-6-4-7(10)8(2,3)9-5-6/h6-7,9-10H,4-5H2,1-3H3/t6-,7-/m0/s1. The van der Waals surface area contributed by atoms with E-state index in [-0.39, 0.29) is 11.6 Å². The summed E-state index contributed by atoms with van der Waals surface area (Å²) in [5.41, 5.74) is -0.0769. The molecular weight excluding hydrogens is 126 g/mol. The van der Waals surface area contributed by atoms with E-state index in [1.54, 1.807) is 0 Å². The lowest BCUT2D eigenvalue weighted by Crippen LogP contribution is -2.55. The van der Waals surface area contributed by atoms with Crippen LogP contribution in [-0.4, -0.2) is 23.3 Å². The maximum absolute atomic E-state index is 9.54. The Balaban J connectivity index is 2.52. The summed E-state index contributed by atoms with van der Waals surface area (Å²) in [6, 6.07) is 0. The molecule has 1 aliphatic heterocycles. The van der Waals surface area contributed by atoms with Crippen LogP contribution in [0.2, 0.25) is 0 Å². The van der Waals surface area contributed by atoms with Crippen molar-refractivity contribution in [2.75, 3.05) is 6.54 Å². The summed E-state index contributed by atoms with van der Waals surface area (Å²) in [5.74, 6) is 0.614. The van der Waals surface area contributed by atoms with Gasteiger partial charge in [-0.3, -0.25) is 0 Å².